The molecule has 1 atom stereocenters. The number of pyridine rings is 1. The lowest BCUT2D eigenvalue weighted by molar-refractivity contribution is 0.327. The molecule has 1 unspecified atom stereocenters. The zero-order valence-corrected chi connectivity index (χ0v) is 11.5. The molecule has 1 aromatic heterocycles. The minimum absolute atomic E-state index is 0.328. The number of nitrogens with zero attached hydrogens (tertiary/aromatic N) is 1. The lowest BCUT2D eigenvalue weighted by Crippen LogP contribution is -2.31. The summed E-state index contributed by atoms with van der Waals surface area (Å²) in [7, 11) is 0. The van der Waals surface area contributed by atoms with Crippen LogP contribution in [-0.4, -0.2) is 17.6 Å². The molecule has 0 bridgehead atoms. The van der Waals surface area contributed by atoms with Crippen LogP contribution in [0, 0.1) is 5.41 Å². The van der Waals surface area contributed by atoms with Gasteiger partial charge in [0, 0.05) is 6.04 Å². The maximum Gasteiger partial charge on any atom is 0.239 e. The summed E-state index contributed by atoms with van der Waals surface area (Å²) < 4.78 is 5.42. The third-order valence-electron chi connectivity index (χ3n) is 3.75. The quantitative estimate of drug-likeness (QED) is 0.861. The van der Waals surface area contributed by atoms with E-state index in [1.807, 2.05) is 19.1 Å². The third kappa shape index (κ3) is 2.68. The number of anilines is 2. The maximum atomic E-state index is 5.82. The molecule has 1 aliphatic carbocycles. The van der Waals surface area contributed by atoms with Crippen LogP contribution >= 0.6 is 0 Å². The zero-order chi connectivity index (χ0) is 13.2. The Kier molecular flexibility index (Phi) is 3.64. The van der Waals surface area contributed by atoms with Crippen molar-refractivity contribution in [3.8, 4) is 5.88 Å². The van der Waals surface area contributed by atoms with Gasteiger partial charge in [0.25, 0.3) is 0 Å². The Hall–Kier alpha value is -1.45. The van der Waals surface area contributed by atoms with Gasteiger partial charge in [0.05, 0.1) is 12.3 Å². The molecule has 0 amide bonds. The smallest absolute Gasteiger partial charge is 0.239 e. The molecule has 0 spiro atoms. The van der Waals surface area contributed by atoms with Gasteiger partial charge in [-0.05, 0) is 37.3 Å². The van der Waals surface area contributed by atoms with Crippen LogP contribution in [0.1, 0.15) is 40.0 Å². The molecule has 1 heterocycles. The van der Waals surface area contributed by atoms with E-state index in [9.17, 15) is 0 Å². The second kappa shape index (κ2) is 5.04. The van der Waals surface area contributed by atoms with Gasteiger partial charge >= 0.3 is 0 Å². The topological polar surface area (TPSA) is 60.2 Å². The summed E-state index contributed by atoms with van der Waals surface area (Å²) in [6, 6.07) is 4.25. The highest BCUT2D eigenvalue weighted by Crippen LogP contribution is 2.39. The van der Waals surface area contributed by atoms with Crippen LogP contribution < -0.4 is 15.8 Å². The van der Waals surface area contributed by atoms with E-state index < -0.39 is 0 Å². The SMILES string of the molecule is CCOc1nc(NC2CCCC2(C)C)ccc1N. The van der Waals surface area contributed by atoms with Crippen LogP contribution in [0.15, 0.2) is 12.1 Å². The van der Waals surface area contributed by atoms with Crippen LogP contribution in [0.4, 0.5) is 11.5 Å². The fourth-order valence-electron chi connectivity index (χ4n) is 2.56. The van der Waals surface area contributed by atoms with Crippen LogP contribution in [0.2, 0.25) is 0 Å². The third-order valence-corrected chi connectivity index (χ3v) is 3.75. The number of hydrogen-bond donors (Lipinski definition) is 2. The average Bonchev–Trinajstić information content (AvgIpc) is 2.63. The number of nitrogens with two attached hydrogens (primary N) is 1. The van der Waals surface area contributed by atoms with Crippen molar-refractivity contribution in [3.05, 3.63) is 12.1 Å². The predicted molar refractivity (Wildman–Crippen MR) is 74.9 cm³/mol. The Labute approximate surface area is 109 Å². The average molecular weight is 249 g/mol. The van der Waals surface area contributed by atoms with Gasteiger partial charge in [-0.2, -0.15) is 4.98 Å². The highest BCUT2D eigenvalue weighted by Gasteiger charge is 2.34. The number of hydrogen-bond acceptors (Lipinski definition) is 4. The van der Waals surface area contributed by atoms with Crippen LogP contribution in [0.5, 0.6) is 5.88 Å². The van der Waals surface area contributed by atoms with Crippen molar-refractivity contribution in [3.63, 3.8) is 0 Å². The fourth-order valence-corrected chi connectivity index (χ4v) is 2.56. The van der Waals surface area contributed by atoms with Gasteiger partial charge in [-0.25, -0.2) is 0 Å². The molecule has 100 valence electrons. The number of ether oxygens (including phenoxy) is 1. The second-order valence-electron chi connectivity index (χ2n) is 5.60. The van der Waals surface area contributed by atoms with E-state index >= 15 is 0 Å². The van der Waals surface area contributed by atoms with Crippen molar-refractivity contribution in [2.24, 2.45) is 5.41 Å². The molecule has 4 heteroatoms. The fraction of sp³-hybridized carbons (Fsp3) is 0.643. The first-order valence-electron chi connectivity index (χ1n) is 6.69. The summed E-state index contributed by atoms with van der Waals surface area (Å²) in [5.74, 6) is 1.38. The van der Waals surface area contributed by atoms with Crippen LogP contribution in [0.3, 0.4) is 0 Å². The van der Waals surface area contributed by atoms with Gasteiger partial charge in [-0.1, -0.05) is 20.3 Å². The van der Waals surface area contributed by atoms with Gasteiger partial charge in [0.2, 0.25) is 5.88 Å². The number of aromatic nitrogens is 1. The van der Waals surface area contributed by atoms with Gasteiger partial charge in [0.15, 0.2) is 0 Å². The molecule has 0 aliphatic heterocycles. The molecule has 4 nitrogen and oxygen atoms in total. The zero-order valence-electron chi connectivity index (χ0n) is 11.5. The van der Waals surface area contributed by atoms with Crippen molar-refractivity contribution in [1.82, 2.24) is 4.98 Å². The van der Waals surface area contributed by atoms with E-state index in [1.54, 1.807) is 0 Å². The summed E-state index contributed by atoms with van der Waals surface area (Å²) in [5.41, 5.74) is 6.74. The summed E-state index contributed by atoms with van der Waals surface area (Å²) in [6.45, 7) is 7.12. The summed E-state index contributed by atoms with van der Waals surface area (Å²) in [5, 5.41) is 3.51. The summed E-state index contributed by atoms with van der Waals surface area (Å²) in [4.78, 5) is 4.43. The molecule has 18 heavy (non-hydrogen) atoms. The molecule has 1 saturated carbocycles. The lowest BCUT2D eigenvalue weighted by Gasteiger charge is -2.28. The largest absolute Gasteiger partial charge is 0.476 e. The maximum absolute atomic E-state index is 5.82. The minimum Gasteiger partial charge on any atom is -0.476 e. The van der Waals surface area contributed by atoms with E-state index in [2.05, 4.69) is 24.1 Å². The molecule has 0 saturated heterocycles. The molecule has 1 aliphatic rings. The molecule has 0 radical (unpaired) electrons. The van der Waals surface area contributed by atoms with E-state index in [4.69, 9.17) is 10.5 Å². The van der Waals surface area contributed by atoms with Crippen molar-refractivity contribution in [2.45, 2.75) is 46.1 Å². The van der Waals surface area contributed by atoms with E-state index in [-0.39, 0.29) is 0 Å². The molecule has 0 aromatic carbocycles. The normalized spacial score (nSPS) is 21.8. The Balaban J connectivity index is 2.12. The van der Waals surface area contributed by atoms with E-state index in [0.29, 0.717) is 29.6 Å². The Bertz CT molecular complexity index is 418. The second-order valence-corrected chi connectivity index (χ2v) is 5.60. The van der Waals surface area contributed by atoms with Crippen molar-refractivity contribution < 1.29 is 4.74 Å². The highest BCUT2D eigenvalue weighted by molar-refractivity contribution is 5.54. The minimum atomic E-state index is 0.328. The first-order valence-corrected chi connectivity index (χ1v) is 6.69. The molecule has 1 fully saturated rings. The standard InChI is InChI=1S/C14H23N3O/c1-4-18-13-10(15)7-8-12(17-13)16-11-6-5-9-14(11,2)3/h7-8,11H,4-6,9,15H2,1-3H3,(H,16,17). The Morgan fingerprint density at radius 2 is 2.28 bits per heavy atom. The summed E-state index contributed by atoms with van der Waals surface area (Å²) in [6.07, 6.45) is 3.74. The molecular formula is C14H23N3O. The van der Waals surface area contributed by atoms with Crippen LogP contribution in [-0.2, 0) is 0 Å². The van der Waals surface area contributed by atoms with Gasteiger partial charge < -0.3 is 15.8 Å². The Morgan fingerprint density at radius 1 is 1.50 bits per heavy atom. The monoisotopic (exact) mass is 249 g/mol. The molecule has 3 N–H and O–H groups in total. The summed E-state index contributed by atoms with van der Waals surface area (Å²) >= 11 is 0. The van der Waals surface area contributed by atoms with Crippen molar-refractivity contribution in [2.75, 3.05) is 17.7 Å². The van der Waals surface area contributed by atoms with Crippen molar-refractivity contribution in [1.29, 1.82) is 0 Å². The first-order chi connectivity index (χ1) is 8.53. The van der Waals surface area contributed by atoms with E-state index in [0.717, 1.165) is 5.82 Å². The molecular weight excluding hydrogens is 226 g/mol. The lowest BCUT2D eigenvalue weighted by atomic mass is 9.87. The number of rotatable bonds is 4. The first kappa shape index (κ1) is 13.0. The van der Waals surface area contributed by atoms with Gasteiger partial charge in [-0.3, -0.25) is 0 Å². The van der Waals surface area contributed by atoms with Gasteiger partial charge in [-0.15, -0.1) is 0 Å². The molecule has 2 rings (SSSR count). The van der Waals surface area contributed by atoms with E-state index in [1.165, 1.54) is 19.3 Å². The molecule has 1 aromatic rings. The predicted octanol–water partition coefficient (Wildman–Crippen LogP) is 3.05. The Morgan fingerprint density at radius 3 is 2.89 bits per heavy atom. The number of nitrogen functional groups attached to an aromatic ring is 1. The van der Waals surface area contributed by atoms with Crippen LogP contribution in [0.25, 0.3) is 0 Å². The van der Waals surface area contributed by atoms with Crippen molar-refractivity contribution >= 4 is 11.5 Å². The number of nitrogens with one attached hydrogen (secondary N) is 1. The highest BCUT2D eigenvalue weighted by atomic mass is 16.5. The van der Waals surface area contributed by atoms with Gasteiger partial charge in [0.1, 0.15) is 5.82 Å².